The van der Waals surface area contributed by atoms with Crippen molar-refractivity contribution >= 4 is 5.97 Å². The molecule has 0 saturated carbocycles. The number of benzene rings is 1. The molecule has 3 nitrogen and oxygen atoms in total. The van der Waals surface area contributed by atoms with Crippen LogP contribution in [0.15, 0.2) is 6.07 Å². The van der Waals surface area contributed by atoms with Gasteiger partial charge in [0.2, 0.25) is 0 Å². The second-order valence-corrected chi connectivity index (χ2v) is 4.76. The van der Waals surface area contributed by atoms with Crippen LogP contribution in [0.5, 0.6) is 0 Å². The summed E-state index contributed by atoms with van der Waals surface area (Å²) in [5, 5.41) is 8.84. The molecule has 0 amide bonds. The predicted octanol–water partition coefficient (Wildman–Crippen LogP) is 2.47. The van der Waals surface area contributed by atoms with Gasteiger partial charge in [0.1, 0.15) is 5.82 Å². The molecule has 0 aliphatic heterocycles. The number of carboxylic acid groups (broad SMARTS) is 1. The molecule has 0 aliphatic rings. The summed E-state index contributed by atoms with van der Waals surface area (Å²) in [6.45, 7) is 1.45. The fourth-order valence-electron chi connectivity index (χ4n) is 2.01. The summed E-state index contributed by atoms with van der Waals surface area (Å²) in [4.78, 5) is 10.8. The lowest BCUT2D eigenvalue weighted by atomic mass is 9.90. The minimum Gasteiger partial charge on any atom is -0.481 e. The molecule has 0 bridgehead atoms. The molecular weight excluding hydrogens is 278 g/mol. The minimum absolute atomic E-state index is 0.0870. The van der Waals surface area contributed by atoms with Gasteiger partial charge >= 0.3 is 5.97 Å². The van der Waals surface area contributed by atoms with Crippen LogP contribution < -0.4 is 5.73 Å². The Bertz CT molecular complexity index is 508. The van der Waals surface area contributed by atoms with Crippen LogP contribution in [0.25, 0.3) is 0 Å². The monoisotopic (exact) mass is 293 g/mol. The summed E-state index contributed by atoms with van der Waals surface area (Å²) in [6, 6.07) is 0.276. The molecule has 1 rings (SSSR count). The first-order valence-corrected chi connectivity index (χ1v) is 6.02. The lowest BCUT2D eigenvalue weighted by Gasteiger charge is -2.17. The Morgan fingerprint density at radius 1 is 1.25 bits per heavy atom. The van der Waals surface area contributed by atoms with Crippen LogP contribution >= 0.6 is 0 Å². The zero-order chi connectivity index (χ0) is 15.4. The van der Waals surface area contributed by atoms with E-state index in [-0.39, 0.29) is 25.5 Å². The van der Waals surface area contributed by atoms with Crippen LogP contribution in [0, 0.1) is 35.1 Å². The number of rotatable bonds is 6. The van der Waals surface area contributed by atoms with Gasteiger partial charge in [-0.2, -0.15) is 0 Å². The number of aliphatic carboxylic acids is 1. The number of hydrogen-bond donors (Lipinski definition) is 2. The molecule has 0 fully saturated rings. The first kappa shape index (κ1) is 16.4. The van der Waals surface area contributed by atoms with Crippen molar-refractivity contribution in [2.75, 3.05) is 6.54 Å². The molecule has 112 valence electrons. The van der Waals surface area contributed by atoms with Gasteiger partial charge in [-0.05, 0) is 18.8 Å². The summed E-state index contributed by atoms with van der Waals surface area (Å²) in [7, 11) is 0. The van der Waals surface area contributed by atoms with Crippen LogP contribution in [-0.4, -0.2) is 17.6 Å². The topological polar surface area (TPSA) is 63.3 Å². The van der Waals surface area contributed by atoms with Gasteiger partial charge in [-0.1, -0.05) is 6.92 Å². The molecule has 0 spiro atoms. The highest BCUT2D eigenvalue weighted by atomic mass is 19.2. The molecular formula is C13H15F4NO2. The van der Waals surface area contributed by atoms with Crippen LogP contribution in [0.4, 0.5) is 17.6 Å². The van der Waals surface area contributed by atoms with Gasteiger partial charge in [-0.15, -0.1) is 0 Å². The zero-order valence-electron chi connectivity index (χ0n) is 10.8. The number of hydrogen-bond acceptors (Lipinski definition) is 2. The van der Waals surface area contributed by atoms with E-state index in [0.29, 0.717) is 0 Å². The Morgan fingerprint density at radius 2 is 1.85 bits per heavy atom. The van der Waals surface area contributed by atoms with E-state index in [9.17, 15) is 22.4 Å². The fraction of sp³-hybridized carbons (Fsp3) is 0.462. The zero-order valence-corrected chi connectivity index (χ0v) is 10.8. The Labute approximate surface area is 113 Å². The first-order valence-electron chi connectivity index (χ1n) is 6.02. The highest BCUT2D eigenvalue weighted by Gasteiger charge is 2.23. The number of nitrogens with two attached hydrogens (primary N) is 1. The van der Waals surface area contributed by atoms with Crippen LogP contribution in [0.2, 0.25) is 0 Å². The molecule has 1 aromatic carbocycles. The van der Waals surface area contributed by atoms with E-state index >= 15 is 0 Å². The Morgan fingerprint density at radius 3 is 2.35 bits per heavy atom. The van der Waals surface area contributed by atoms with E-state index in [1.165, 1.54) is 0 Å². The molecule has 2 atom stereocenters. The maximum absolute atomic E-state index is 13.5. The Kier molecular flexibility index (Phi) is 5.50. The van der Waals surface area contributed by atoms with Gasteiger partial charge in [-0.3, -0.25) is 4.79 Å². The van der Waals surface area contributed by atoms with Gasteiger partial charge in [-0.25, -0.2) is 17.6 Å². The van der Waals surface area contributed by atoms with E-state index in [4.69, 9.17) is 10.8 Å². The fourth-order valence-corrected chi connectivity index (χ4v) is 2.01. The molecule has 0 radical (unpaired) electrons. The Balaban J connectivity index is 2.88. The van der Waals surface area contributed by atoms with Crippen LogP contribution in [0.1, 0.15) is 18.9 Å². The van der Waals surface area contributed by atoms with E-state index in [1.54, 1.807) is 6.92 Å². The SMILES string of the molecule is CC(Cc1c(F)cc(F)c(F)c1F)CC(CN)C(=O)O. The summed E-state index contributed by atoms with van der Waals surface area (Å²) >= 11 is 0. The summed E-state index contributed by atoms with van der Waals surface area (Å²) in [6.07, 6.45) is -0.150. The molecule has 3 N–H and O–H groups in total. The second-order valence-electron chi connectivity index (χ2n) is 4.76. The van der Waals surface area contributed by atoms with Crippen molar-refractivity contribution in [3.63, 3.8) is 0 Å². The van der Waals surface area contributed by atoms with Crippen molar-refractivity contribution in [2.24, 2.45) is 17.6 Å². The first-order chi connectivity index (χ1) is 9.27. The lowest BCUT2D eigenvalue weighted by molar-refractivity contribution is -0.141. The number of halogens is 4. The van der Waals surface area contributed by atoms with Gasteiger partial charge in [0, 0.05) is 18.2 Å². The van der Waals surface area contributed by atoms with Gasteiger partial charge in [0.05, 0.1) is 5.92 Å². The molecule has 0 heterocycles. The number of carboxylic acids is 1. The van der Waals surface area contributed by atoms with Gasteiger partial charge in [0.15, 0.2) is 17.5 Å². The predicted molar refractivity (Wildman–Crippen MR) is 63.9 cm³/mol. The van der Waals surface area contributed by atoms with Crippen LogP contribution in [0.3, 0.4) is 0 Å². The molecule has 7 heteroatoms. The maximum atomic E-state index is 13.5. The van der Waals surface area contributed by atoms with E-state index in [1.807, 2.05) is 0 Å². The molecule has 0 saturated heterocycles. The number of carbonyl (C=O) groups is 1. The van der Waals surface area contributed by atoms with E-state index in [0.717, 1.165) is 0 Å². The van der Waals surface area contributed by atoms with Crippen molar-refractivity contribution in [2.45, 2.75) is 19.8 Å². The summed E-state index contributed by atoms with van der Waals surface area (Å²) in [5.74, 6) is -8.49. The van der Waals surface area contributed by atoms with Gasteiger partial charge < -0.3 is 10.8 Å². The maximum Gasteiger partial charge on any atom is 0.307 e. The average molecular weight is 293 g/mol. The third-order valence-electron chi connectivity index (χ3n) is 3.08. The standard InChI is InChI=1S/C13H15F4NO2/c1-6(2-7(5-18)13(19)20)3-8-9(14)4-10(15)12(17)11(8)16/h4,6-7H,2-3,5,18H2,1H3,(H,19,20). The molecule has 0 aromatic heterocycles. The van der Waals surface area contributed by atoms with Gasteiger partial charge in [0.25, 0.3) is 0 Å². The molecule has 20 heavy (non-hydrogen) atoms. The lowest BCUT2D eigenvalue weighted by Crippen LogP contribution is -2.26. The third kappa shape index (κ3) is 3.69. The summed E-state index contributed by atoms with van der Waals surface area (Å²) in [5.41, 5.74) is 4.69. The Hall–Kier alpha value is -1.63. The molecule has 2 unspecified atom stereocenters. The van der Waals surface area contributed by atoms with E-state index < -0.39 is 46.6 Å². The van der Waals surface area contributed by atoms with Crippen LogP contribution in [-0.2, 0) is 11.2 Å². The minimum atomic E-state index is -1.73. The highest BCUT2D eigenvalue weighted by Crippen LogP contribution is 2.24. The molecule has 1 aromatic rings. The summed E-state index contributed by atoms with van der Waals surface area (Å²) < 4.78 is 52.7. The third-order valence-corrected chi connectivity index (χ3v) is 3.08. The van der Waals surface area contributed by atoms with E-state index in [2.05, 4.69) is 0 Å². The van der Waals surface area contributed by atoms with Crippen molar-refractivity contribution < 1.29 is 27.5 Å². The van der Waals surface area contributed by atoms with Crippen molar-refractivity contribution in [1.29, 1.82) is 0 Å². The van der Waals surface area contributed by atoms with Crippen molar-refractivity contribution in [3.05, 3.63) is 34.9 Å². The smallest absolute Gasteiger partial charge is 0.307 e. The van der Waals surface area contributed by atoms with Crippen molar-refractivity contribution in [1.82, 2.24) is 0 Å². The average Bonchev–Trinajstić information content (AvgIpc) is 2.38. The quantitative estimate of drug-likeness (QED) is 0.481. The normalized spacial score (nSPS) is 14.1. The highest BCUT2D eigenvalue weighted by molar-refractivity contribution is 5.70. The van der Waals surface area contributed by atoms with Crippen molar-refractivity contribution in [3.8, 4) is 0 Å². The second kappa shape index (κ2) is 6.69. The largest absolute Gasteiger partial charge is 0.481 e. The molecule has 0 aliphatic carbocycles.